The normalized spacial score (nSPS) is 16.4. The number of amides is 4. The lowest BCUT2D eigenvalue weighted by atomic mass is 10.1. The number of rotatable bonds is 6. The van der Waals surface area contributed by atoms with Crippen molar-refractivity contribution >= 4 is 34.4 Å². The summed E-state index contributed by atoms with van der Waals surface area (Å²) in [6.45, 7) is 0.257. The van der Waals surface area contributed by atoms with Gasteiger partial charge in [-0.15, -0.1) is 0 Å². The minimum atomic E-state index is -0.854. The molecule has 4 amide bonds. The molecule has 0 radical (unpaired) electrons. The number of aromatic nitrogens is 2. The van der Waals surface area contributed by atoms with E-state index in [0.717, 1.165) is 16.5 Å². The van der Waals surface area contributed by atoms with Crippen LogP contribution < -0.4 is 10.6 Å². The van der Waals surface area contributed by atoms with Gasteiger partial charge in [-0.3, -0.25) is 19.5 Å². The molecule has 1 aliphatic rings. The summed E-state index contributed by atoms with van der Waals surface area (Å²) in [6, 6.07) is 9.95. The standard InChI is InChI=1S/C20H19N5O3/c26-18(23-14-4-3-8-21-12-14)10-17-19(27)25(20(28)24-17)9-7-13-11-22-16-6-2-1-5-15(13)16/h1-6,8,11-12,17,22H,7,9-10H2,(H,23,26)(H,24,28)/t17-/m0/s1. The molecule has 1 aromatic carbocycles. The first-order valence-corrected chi connectivity index (χ1v) is 8.98. The largest absolute Gasteiger partial charge is 0.361 e. The Morgan fingerprint density at radius 1 is 1.18 bits per heavy atom. The van der Waals surface area contributed by atoms with Crippen molar-refractivity contribution in [2.75, 3.05) is 11.9 Å². The summed E-state index contributed by atoms with van der Waals surface area (Å²) in [5.74, 6) is -0.740. The molecule has 2 aromatic heterocycles. The molecule has 1 fully saturated rings. The van der Waals surface area contributed by atoms with Crippen molar-refractivity contribution in [3.63, 3.8) is 0 Å². The van der Waals surface area contributed by atoms with E-state index >= 15 is 0 Å². The summed E-state index contributed by atoms with van der Waals surface area (Å²) in [6.07, 6.45) is 5.42. The number of benzene rings is 1. The molecule has 8 heteroatoms. The van der Waals surface area contributed by atoms with Gasteiger partial charge < -0.3 is 15.6 Å². The number of hydrogen-bond acceptors (Lipinski definition) is 4. The minimum absolute atomic E-state index is 0.122. The van der Waals surface area contributed by atoms with E-state index in [2.05, 4.69) is 20.6 Å². The van der Waals surface area contributed by atoms with Crippen LogP contribution in [0.3, 0.4) is 0 Å². The van der Waals surface area contributed by atoms with Crippen molar-refractivity contribution in [1.29, 1.82) is 0 Å². The van der Waals surface area contributed by atoms with Crippen LogP contribution in [0.2, 0.25) is 0 Å². The third-order valence-electron chi connectivity index (χ3n) is 4.72. The number of para-hydroxylation sites is 1. The average molecular weight is 377 g/mol. The Morgan fingerprint density at radius 3 is 2.86 bits per heavy atom. The number of imide groups is 1. The van der Waals surface area contributed by atoms with Gasteiger partial charge in [0.05, 0.1) is 18.3 Å². The van der Waals surface area contributed by atoms with E-state index in [1.807, 2.05) is 30.5 Å². The first kappa shape index (κ1) is 17.7. The van der Waals surface area contributed by atoms with Gasteiger partial charge in [0.2, 0.25) is 5.91 Å². The predicted molar refractivity (Wildman–Crippen MR) is 104 cm³/mol. The second-order valence-electron chi connectivity index (χ2n) is 6.60. The highest BCUT2D eigenvalue weighted by molar-refractivity contribution is 6.07. The molecule has 0 spiro atoms. The molecule has 0 aliphatic carbocycles. The summed E-state index contributed by atoms with van der Waals surface area (Å²) >= 11 is 0. The van der Waals surface area contributed by atoms with Crippen molar-refractivity contribution < 1.29 is 14.4 Å². The highest BCUT2D eigenvalue weighted by Gasteiger charge is 2.38. The van der Waals surface area contributed by atoms with E-state index in [1.165, 1.54) is 11.1 Å². The molecule has 0 unspecified atom stereocenters. The Labute approximate surface area is 160 Å². The Bertz CT molecular complexity index is 1030. The second-order valence-corrected chi connectivity index (χ2v) is 6.60. The minimum Gasteiger partial charge on any atom is -0.361 e. The van der Waals surface area contributed by atoms with E-state index in [9.17, 15) is 14.4 Å². The highest BCUT2D eigenvalue weighted by Crippen LogP contribution is 2.19. The van der Waals surface area contributed by atoms with Gasteiger partial charge in [0.1, 0.15) is 6.04 Å². The Morgan fingerprint density at radius 2 is 2.04 bits per heavy atom. The number of H-pyrrole nitrogens is 1. The van der Waals surface area contributed by atoms with Crippen LogP contribution in [0.4, 0.5) is 10.5 Å². The SMILES string of the molecule is O=C(C[C@@H]1NC(=O)N(CCc2c[nH]c3ccccc23)C1=O)Nc1cccnc1. The van der Waals surface area contributed by atoms with Gasteiger partial charge in [0.15, 0.2) is 0 Å². The molecule has 1 saturated heterocycles. The average Bonchev–Trinajstić information content (AvgIpc) is 3.22. The zero-order chi connectivity index (χ0) is 19.5. The number of nitrogens with zero attached hydrogens (tertiary/aromatic N) is 2. The third-order valence-corrected chi connectivity index (χ3v) is 4.72. The fourth-order valence-corrected chi connectivity index (χ4v) is 3.33. The molecule has 28 heavy (non-hydrogen) atoms. The van der Waals surface area contributed by atoms with Crippen LogP contribution in [-0.4, -0.2) is 45.3 Å². The summed E-state index contributed by atoms with van der Waals surface area (Å²) in [5, 5.41) is 6.33. The molecular weight excluding hydrogens is 358 g/mol. The molecule has 4 rings (SSSR count). The monoisotopic (exact) mass is 377 g/mol. The zero-order valence-electron chi connectivity index (χ0n) is 15.0. The number of nitrogens with one attached hydrogen (secondary N) is 3. The van der Waals surface area contributed by atoms with Gasteiger partial charge in [0, 0.05) is 29.8 Å². The van der Waals surface area contributed by atoms with Crippen molar-refractivity contribution in [2.24, 2.45) is 0 Å². The molecular formula is C20H19N5O3. The number of carbonyl (C=O) groups excluding carboxylic acids is 3. The van der Waals surface area contributed by atoms with Crippen molar-refractivity contribution in [2.45, 2.75) is 18.9 Å². The zero-order valence-corrected chi connectivity index (χ0v) is 15.0. The molecule has 3 heterocycles. The van der Waals surface area contributed by atoms with E-state index < -0.39 is 12.1 Å². The highest BCUT2D eigenvalue weighted by atomic mass is 16.2. The molecule has 1 atom stereocenters. The lowest BCUT2D eigenvalue weighted by molar-refractivity contribution is -0.129. The Hall–Kier alpha value is -3.68. The summed E-state index contributed by atoms with van der Waals surface area (Å²) in [4.78, 5) is 45.2. The summed E-state index contributed by atoms with van der Waals surface area (Å²) < 4.78 is 0. The maximum atomic E-state index is 12.6. The molecule has 142 valence electrons. The van der Waals surface area contributed by atoms with E-state index in [1.54, 1.807) is 18.3 Å². The number of anilines is 1. The Kier molecular flexibility index (Phi) is 4.76. The molecule has 3 aromatic rings. The number of fused-ring (bicyclic) bond motifs is 1. The molecule has 1 aliphatic heterocycles. The van der Waals surface area contributed by atoms with Crippen LogP contribution in [0.15, 0.2) is 55.0 Å². The smallest absolute Gasteiger partial charge is 0.324 e. The van der Waals surface area contributed by atoms with Crippen LogP contribution in [0.5, 0.6) is 0 Å². The fourth-order valence-electron chi connectivity index (χ4n) is 3.33. The van der Waals surface area contributed by atoms with Crippen LogP contribution in [-0.2, 0) is 16.0 Å². The van der Waals surface area contributed by atoms with Crippen molar-refractivity contribution in [3.05, 3.63) is 60.6 Å². The molecule has 8 nitrogen and oxygen atoms in total. The Balaban J connectivity index is 1.36. The van der Waals surface area contributed by atoms with Gasteiger partial charge >= 0.3 is 6.03 Å². The van der Waals surface area contributed by atoms with Gasteiger partial charge in [-0.2, -0.15) is 0 Å². The van der Waals surface area contributed by atoms with Gasteiger partial charge in [-0.25, -0.2) is 4.79 Å². The number of urea groups is 1. The maximum Gasteiger partial charge on any atom is 0.324 e. The second kappa shape index (κ2) is 7.51. The maximum absolute atomic E-state index is 12.6. The van der Waals surface area contributed by atoms with Crippen molar-refractivity contribution in [3.8, 4) is 0 Å². The van der Waals surface area contributed by atoms with Crippen LogP contribution >= 0.6 is 0 Å². The topological polar surface area (TPSA) is 107 Å². The first-order valence-electron chi connectivity index (χ1n) is 8.98. The molecule has 0 bridgehead atoms. The number of hydrogen-bond donors (Lipinski definition) is 3. The summed E-state index contributed by atoms with van der Waals surface area (Å²) in [7, 11) is 0. The quantitative estimate of drug-likeness (QED) is 0.572. The van der Waals surface area contributed by atoms with E-state index in [0.29, 0.717) is 12.1 Å². The van der Waals surface area contributed by atoms with Gasteiger partial charge in [-0.1, -0.05) is 18.2 Å². The fraction of sp³-hybridized carbons (Fsp3) is 0.200. The van der Waals surface area contributed by atoms with Crippen LogP contribution in [0.25, 0.3) is 10.9 Å². The van der Waals surface area contributed by atoms with Crippen LogP contribution in [0, 0.1) is 0 Å². The third kappa shape index (κ3) is 3.57. The molecule has 3 N–H and O–H groups in total. The number of carbonyl (C=O) groups is 3. The predicted octanol–water partition coefficient (Wildman–Crippen LogP) is 2.05. The number of pyridine rings is 1. The van der Waals surface area contributed by atoms with E-state index in [4.69, 9.17) is 0 Å². The lowest BCUT2D eigenvalue weighted by Gasteiger charge is -2.12. The van der Waals surface area contributed by atoms with Gasteiger partial charge in [0.25, 0.3) is 5.91 Å². The van der Waals surface area contributed by atoms with Crippen LogP contribution in [0.1, 0.15) is 12.0 Å². The number of aromatic amines is 1. The lowest BCUT2D eigenvalue weighted by Crippen LogP contribution is -2.34. The first-order chi connectivity index (χ1) is 13.6. The summed E-state index contributed by atoms with van der Waals surface area (Å²) in [5.41, 5.74) is 2.59. The van der Waals surface area contributed by atoms with Gasteiger partial charge in [-0.05, 0) is 30.2 Å². The molecule has 0 saturated carbocycles. The van der Waals surface area contributed by atoms with E-state index in [-0.39, 0.29) is 24.8 Å². The van der Waals surface area contributed by atoms with Crippen molar-refractivity contribution in [1.82, 2.24) is 20.2 Å².